The van der Waals surface area contributed by atoms with E-state index in [-0.39, 0.29) is 24.0 Å². The van der Waals surface area contributed by atoms with Gasteiger partial charge in [-0.15, -0.1) is 0 Å². The lowest BCUT2D eigenvalue weighted by atomic mass is 10.1. The summed E-state index contributed by atoms with van der Waals surface area (Å²) in [5.74, 6) is 0.172. The maximum absolute atomic E-state index is 13.9. The third kappa shape index (κ3) is 4.76. The Morgan fingerprint density at radius 2 is 1.81 bits per heavy atom. The molecule has 0 saturated heterocycles. The number of carbonyl (C=O) groups is 1. The van der Waals surface area contributed by atoms with Crippen molar-refractivity contribution in [2.24, 2.45) is 4.99 Å². The highest BCUT2D eigenvalue weighted by Crippen LogP contribution is 2.38. The van der Waals surface area contributed by atoms with Gasteiger partial charge in [-0.3, -0.25) is 0 Å². The van der Waals surface area contributed by atoms with E-state index in [0.717, 1.165) is 4.47 Å². The number of rotatable bonds is 6. The second-order valence-electron chi connectivity index (χ2n) is 6.73. The van der Waals surface area contributed by atoms with Gasteiger partial charge < -0.3 is 14.2 Å². The van der Waals surface area contributed by atoms with Gasteiger partial charge in [0, 0.05) is 10.0 Å². The quantitative estimate of drug-likeness (QED) is 0.263. The Labute approximate surface area is 200 Å². The van der Waals surface area contributed by atoms with Crippen LogP contribution in [0.15, 0.2) is 80.3 Å². The maximum atomic E-state index is 13.9. The standard InChI is InChI=1S/C24H16Br2FNO4/c1-30-21-12-14(10-18(26)22(21)31-13-15-6-2-5-9-19(15)27)11-20-24(29)32-23(28-20)16-7-3-4-8-17(16)25/h2-12H,13H2,1H3/b20-11-. The summed E-state index contributed by atoms with van der Waals surface area (Å²) in [5.41, 5.74) is 1.91. The molecule has 0 fully saturated rings. The Balaban J connectivity index is 1.61. The highest BCUT2D eigenvalue weighted by atomic mass is 79.9. The number of methoxy groups -OCH3 is 1. The van der Waals surface area contributed by atoms with Crippen molar-refractivity contribution in [2.45, 2.75) is 6.61 Å². The van der Waals surface area contributed by atoms with Crippen LogP contribution >= 0.6 is 31.9 Å². The molecule has 0 saturated carbocycles. The molecule has 0 aromatic heterocycles. The molecule has 0 radical (unpaired) electrons. The van der Waals surface area contributed by atoms with E-state index in [1.807, 2.05) is 18.2 Å². The van der Waals surface area contributed by atoms with Gasteiger partial charge in [0.1, 0.15) is 12.4 Å². The number of esters is 1. The van der Waals surface area contributed by atoms with Crippen molar-refractivity contribution in [3.63, 3.8) is 0 Å². The maximum Gasteiger partial charge on any atom is 0.363 e. The fourth-order valence-corrected chi connectivity index (χ4v) is 4.07. The number of benzene rings is 3. The zero-order valence-corrected chi connectivity index (χ0v) is 19.9. The predicted molar refractivity (Wildman–Crippen MR) is 126 cm³/mol. The zero-order valence-electron chi connectivity index (χ0n) is 16.8. The smallest absolute Gasteiger partial charge is 0.363 e. The minimum Gasteiger partial charge on any atom is -0.493 e. The van der Waals surface area contributed by atoms with Gasteiger partial charge in [-0.05, 0) is 73.8 Å². The van der Waals surface area contributed by atoms with Gasteiger partial charge in [-0.1, -0.05) is 30.3 Å². The Hall–Kier alpha value is -2.97. The van der Waals surface area contributed by atoms with E-state index in [1.54, 1.807) is 42.5 Å². The van der Waals surface area contributed by atoms with E-state index in [4.69, 9.17) is 14.2 Å². The Morgan fingerprint density at radius 1 is 1.06 bits per heavy atom. The number of hydrogen-bond donors (Lipinski definition) is 0. The number of carbonyl (C=O) groups excluding carboxylic acids is 1. The molecule has 0 aliphatic carbocycles. The van der Waals surface area contributed by atoms with E-state index in [9.17, 15) is 9.18 Å². The van der Waals surface area contributed by atoms with Gasteiger partial charge in [-0.25, -0.2) is 14.2 Å². The minimum atomic E-state index is -0.550. The minimum absolute atomic E-state index is 0.0357. The second-order valence-corrected chi connectivity index (χ2v) is 8.44. The average molecular weight is 561 g/mol. The molecule has 3 aromatic rings. The highest BCUT2D eigenvalue weighted by molar-refractivity contribution is 9.10. The van der Waals surface area contributed by atoms with Crippen molar-refractivity contribution in [3.05, 3.63) is 97.8 Å². The molecule has 1 aliphatic rings. The number of ether oxygens (including phenoxy) is 3. The predicted octanol–water partition coefficient (Wildman–Crippen LogP) is 6.28. The van der Waals surface area contributed by atoms with Crippen LogP contribution in [0.2, 0.25) is 0 Å². The van der Waals surface area contributed by atoms with E-state index >= 15 is 0 Å². The van der Waals surface area contributed by atoms with Gasteiger partial charge in [0.15, 0.2) is 17.2 Å². The molecule has 8 heteroatoms. The average Bonchev–Trinajstić information content (AvgIpc) is 3.14. The molecule has 5 nitrogen and oxygen atoms in total. The fraction of sp³-hybridized carbons (Fsp3) is 0.0833. The normalized spacial score (nSPS) is 14.3. The molecule has 1 aliphatic heterocycles. The van der Waals surface area contributed by atoms with Crippen LogP contribution in [-0.2, 0) is 16.1 Å². The first-order valence-corrected chi connectivity index (χ1v) is 11.1. The Morgan fingerprint density at radius 3 is 2.56 bits per heavy atom. The number of halogens is 3. The first kappa shape index (κ1) is 22.2. The van der Waals surface area contributed by atoms with E-state index in [1.165, 1.54) is 13.2 Å². The summed E-state index contributed by atoms with van der Waals surface area (Å²) in [5, 5.41) is 0. The largest absolute Gasteiger partial charge is 0.493 e. The molecule has 0 atom stereocenters. The molecule has 0 amide bonds. The molecule has 32 heavy (non-hydrogen) atoms. The lowest BCUT2D eigenvalue weighted by Gasteiger charge is -2.14. The van der Waals surface area contributed by atoms with Crippen molar-refractivity contribution in [2.75, 3.05) is 7.11 Å². The molecule has 3 aromatic carbocycles. The third-order valence-corrected chi connectivity index (χ3v) is 5.89. The lowest BCUT2D eigenvalue weighted by molar-refractivity contribution is -0.129. The van der Waals surface area contributed by atoms with Crippen LogP contribution in [-0.4, -0.2) is 19.0 Å². The molecular formula is C24H16Br2FNO4. The Kier molecular flexibility index (Phi) is 6.72. The van der Waals surface area contributed by atoms with Gasteiger partial charge >= 0.3 is 5.97 Å². The van der Waals surface area contributed by atoms with Gasteiger partial charge in [0.2, 0.25) is 5.90 Å². The molecule has 162 valence electrons. The van der Waals surface area contributed by atoms with Gasteiger partial charge in [0.25, 0.3) is 0 Å². The number of nitrogens with zero attached hydrogens (tertiary/aromatic N) is 1. The molecule has 0 N–H and O–H groups in total. The summed E-state index contributed by atoms with van der Waals surface area (Å²) in [6.45, 7) is 0.0357. The molecule has 1 heterocycles. The van der Waals surface area contributed by atoms with E-state index in [0.29, 0.717) is 32.7 Å². The second kappa shape index (κ2) is 9.67. The zero-order chi connectivity index (χ0) is 22.7. The van der Waals surface area contributed by atoms with Gasteiger partial charge in [-0.2, -0.15) is 0 Å². The van der Waals surface area contributed by atoms with Crippen molar-refractivity contribution in [1.29, 1.82) is 0 Å². The SMILES string of the molecule is COc1cc(/C=C2\N=C(c3ccccc3Br)OC2=O)cc(Br)c1OCc1ccccc1F. The number of aliphatic imine (C=N–C) groups is 1. The summed E-state index contributed by atoms with van der Waals surface area (Å²) in [4.78, 5) is 16.7. The first-order chi connectivity index (χ1) is 15.5. The lowest BCUT2D eigenvalue weighted by Crippen LogP contribution is -2.05. The molecule has 0 spiro atoms. The molecule has 0 unspecified atom stereocenters. The van der Waals surface area contributed by atoms with E-state index in [2.05, 4.69) is 36.9 Å². The molecule has 4 rings (SSSR count). The molecular weight excluding hydrogens is 545 g/mol. The first-order valence-electron chi connectivity index (χ1n) is 9.47. The number of cyclic esters (lactones) is 1. The summed E-state index contributed by atoms with van der Waals surface area (Å²) < 4.78 is 31.8. The number of hydrogen-bond acceptors (Lipinski definition) is 5. The van der Waals surface area contributed by atoms with Crippen LogP contribution in [0.3, 0.4) is 0 Å². The highest BCUT2D eigenvalue weighted by Gasteiger charge is 2.25. The summed E-state index contributed by atoms with van der Waals surface area (Å²) >= 11 is 6.90. The topological polar surface area (TPSA) is 57.1 Å². The van der Waals surface area contributed by atoms with Crippen LogP contribution < -0.4 is 9.47 Å². The summed E-state index contributed by atoms with van der Waals surface area (Å²) in [6.07, 6.45) is 1.60. The van der Waals surface area contributed by atoms with Gasteiger partial charge in [0.05, 0.1) is 17.1 Å². The Bertz CT molecular complexity index is 1260. The van der Waals surface area contributed by atoms with Crippen LogP contribution in [0.25, 0.3) is 6.08 Å². The monoisotopic (exact) mass is 559 g/mol. The summed E-state index contributed by atoms with van der Waals surface area (Å²) in [6, 6.07) is 17.2. The summed E-state index contributed by atoms with van der Waals surface area (Å²) in [7, 11) is 1.50. The van der Waals surface area contributed by atoms with Crippen molar-refractivity contribution in [1.82, 2.24) is 0 Å². The van der Waals surface area contributed by atoms with Crippen LogP contribution in [0, 0.1) is 5.82 Å². The van der Waals surface area contributed by atoms with Crippen LogP contribution in [0.5, 0.6) is 11.5 Å². The van der Waals surface area contributed by atoms with Crippen molar-refractivity contribution >= 4 is 49.8 Å². The van der Waals surface area contributed by atoms with Crippen molar-refractivity contribution < 1.29 is 23.4 Å². The third-order valence-electron chi connectivity index (χ3n) is 4.61. The molecule has 0 bridgehead atoms. The van der Waals surface area contributed by atoms with Crippen LogP contribution in [0.1, 0.15) is 16.7 Å². The van der Waals surface area contributed by atoms with Crippen LogP contribution in [0.4, 0.5) is 4.39 Å². The van der Waals surface area contributed by atoms with E-state index < -0.39 is 5.97 Å². The van der Waals surface area contributed by atoms with Crippen molar-refractivity contribution in [3.8, 4) is 11.5 Å². The fourth-order valence-electron chi connectivity index (χ4n) is 3.05.